The number of nitrogens with one attached hydrogen (secondary N) is 1. The Balaban J connectivity index is 1.84. The van der Waals surface area contributed by atoms with Gasteiger partial charge in [-0.2, -0.15) is 4.68 Å². The second-order valence-corrected chi connectivity index (χ2v) is 5.14. The Morgan fingerprint density at radius 2 is 2.19 bits per heavy atom. The van der Waals surface area contributed by atoms with E-state index in [0.29, 0.717) is 18.3 Å². The number of hydrogen-bond donors (Lipinski definition) is 1. The Morgan fingerprint density at radius 3 is 2.95 bits per heavy atom. The predicted octanol–water partition coefficient (Wildman–Crippen LogP) is 0.907. The molecule has 1 amide bonds. The smallest absolute Gasteiger partial charge is 0.230 e. The van der Waals surface area contributed by atoms with Crippen LogP contribution in [0, 0.1) is 0 Å². The first kappa shape index (κ1) is 15.5. The summed E-state index contributed by atoms with van der Waals surface area (Å²) in [5.74, 6) is 0.235. The maximum Gasteiger partial charge on any atom is 0.230 e. The van der Waals surface area contributed by atoms with Gasteiger partial charge in [0.2, 0.25) is 11.1 Å². The van der Waals surface area contributed by atoms with Crippen molar-refractivity contribution in [3.63, 3.8) is 0 Å². The van der Waals surface area contributed by atoms with E-state index in [2.05, 4.69) is 20.8 Å². The number of tetrazole rings is 1. The van der Waals surface area contributed by atoms with Gasteiger partial charge in [-0.1, -0.05) is 30.0 Å². The van der Waals surface area contributed by atoms with Gasteiger partial charge < -0.3 is 10.1 Å². The second kappa shape index (κ2) is 8.38. The fourth-order valence-corrected chi connectivity index (χ4v) is 2.35. The lowest BCUT2D eigenvalue weighted by molar-refractivity contribution is -0.118. The lowest BCUT2D eigenvalue weighted by Gasteiger charge is -2.05. The number of ether oxygens (including phenoxy) is 1. The Bertz CT molecular complexity index is 561. The molecule has 1 N–H and O–H groups in total. The molecule has 2 rings (SSSR count). The molecule has 0 radical (unpaired) electrons. The zero-order valence-corrected chi connectivity index (χ0v) is 12.5. The van der Waals surface area contributed by atoms with Crippen LogP contribution in [0.25, 0.3) is 5.69 Å². The highest BCUT2D eigenvalue weighted by Gasteiger charge is 2.10. The van der Waals surface area contributed by atoms with Crippen molar-refractivity contribution in [1.82, 2.24) is 25.5 Å². The van der Waals surface area contributed by atoms with Crippen molar-refractivity contribution < 1.29 is 9.53 Å². The lowest BCUT2D eigenvalue weighted by Crippen LogP contribution is -2.26. The first-order valence-corrected chi connectivity index (χ1v) is 7.52. The highest BCUT2D eigenvalue weighted by atomic mass is 32.2. The van der Waals surface area contributed by atoms with Gasteiger partial charge in [0.05, 0.1) is 11.4 Å². The Hall–Kier alpha value is -1.93. The minimum absolute atomic E-state index is 0.0429. The molecule has 0 saturated carbocycles. The largest absolute Gasteiger partial charge is 0.385 e. The summed E-state index contributed by atoms with van der Waals surface area (Å²) in [6, 6.07) is 9.56. The monoisotopic (exact) mass is 307 g/mol. The molecule has 1 heterocycles. The number of rotatable bonds is 8. The Labute approximate surface area is 127 Å². The quantitative estimate of drug-likeness (QED) is 0.576. The lowest BCUT2D eigenvalue weighted by atomic mass is 10.3. The van der Waals surface area contributed by atoms with Crippen LogP contribution in [0.15, 0.2) is 35.5 Å². The molecule has 8 heteroatoms. The number of benzene rings is 1. The van der Waals surface area contributed by atoms with E-state index in [1.165, 1.54) is 11.8 Å². The Morgan fingerprint density at radius 1 is 1.38 bits per heavy atom. The molecule has 1 aromatic heterocycles. The summed E-state index contributed by atoms with van der Waals surface area (Å²) in [4.78, 5) is 11.7. The molecular weight excluding hydrogens is 290 g/mol. The number of nitrogens with zero attached hydrogens (tertiary/aromatic N) is 4. The Kier molecular flexibility index (Phi) is 6.17. The fraction of sp³-hybridized carbons (Fsp3) is 0.385. The molecule has 21 heavy (non-hydrogen) atoms. The summed E-state index contributed by atoms with van der Waals surface area (Å²) in [5, 5.41) is 14.9. The summed E-state index contributed by atoms with van der Waals surface area (Å²) in [5.41, 5.74) is 0.866. The maximum atomic E-state index is 11.7. The van der Waals surface area contributed by atoms with E-state index in [0.717, 1.165) is 12.1 Å². The average molecular weight is 307 g/mol. The van der Waals surface area contributed by atoms with Crippen LogP contribution >= 0.6 is 11.8 Å². The van der Waals surface area contributed by atoms with Crippen molar-refractivity contribution in [2.24, 2.45) is 0 Å². The SMILES string of the molecule is COCCCNC(=O)CSc1nnnn1-c1ccccc1. The molecule has 1 aromatic carbocycles. The van der Waals surface area contributed by atoms with Gasteiger partial charge in [-0.25, -0.2) is 0 Å². The summed E-state index contributed by atoms with van der Waals surface area (Å²) in [6.45, 7) is 1.25. The first-order chi connectivity index (χ1) is 10.3. The fourth-order valence-electron chi connectivity index (χ4n) is 1.63. The number of carbonyl (C=O) groups is 1. The van der Waals surface area contributed by atoms with Crippen molar-refractivity contribution >= 4 is 17.7 Å². The van der Waals surface area contributed by atoms with Gasteiger partial charge >= 0.3 is 0 Å². The van der Waals surface area contributed by atoms with E-state index in [1.807, 2.05) is 30.3 Å². The van der Waals surface area contributed by atoms with Crippen LogP contribution in [-0.2, 0) is 9.53 Å². The maximum absolute atomic E-state index is 11.7. The van der Waals surface area contributed by atoms with Gasteiger partial charge in [-0.15, -0.1) is 5.10 Å². The van der Waals surface area contributed by atoms with E-state index < -0.39 is 0 Å². The molecule has 0 saturated heterocycles. The zero-order chi connectivity index (χ0) is 14.9. The molecule has 0 atom stereocenters. The van der Waals surface area contributed by atoms with Crippen LogP contribution in [-0.4, -0.2) is 52.1 Å². The van der Waals surface area contributed by atoms with Gasteiger partial charge in [0, 0.05) is 20.3 Å². The van der Waals surface area contributed by atoms with Gasteiger partial charge in [0.25, 0.3) is 0 Å². The number of hydrogen-bond acceptors (Lipinski definition) is 6. The zero-order valence-electron chi connectivity index (χ0n) is 11.7. The normalized spacial score (nSPS) is 10.5. The minimum Gasteiger partial charge on any atom is -0.385 e. The second-order valence-electron chi connectivity index (χ2n) is 4.19. The summed E-state index contributed by atoms with van der Waals surface area (Å²) < 4.78 is 6.53. The highest BCUT2D eigenvalue weighted by Crippen LogP contribution is 2.17. The molecule has 2 aromatic rings. The van der Waals surface area contributed by atoms with E-state index in [9.17, 15) is 4.79 Å². The molecule has 0 unspecified atom stereocenters. The van der Waals surface area contributed by atoms with Crippen LogP contribution in [0.3, 0.4) is 0 Å². The molecule has 0 aliphatic heterocycles. The average Bonchev–Trinajstić information content (AvgIpc) is 2.99. The number of thioether (sulfide) groups is 1. The van der Waals surface area contributed by atoms with Gasteiger partial charge in [0.1, 0.15) is 0 Å². The number of amides is 1. The third kappa shape index (κ3) is 4.83. The van der Waals surface area contributed by atoms with Crippen LogP contribution in [0.4, 0.5) is 0 Å². The molecule has 0 bridgehead atoms. The number of aromatic nitrogens is 4. The van der Waals surface area contributed by atoms with E-state index in [-0.39, 0.29) is 11.7 Å². The summed E-state index contributed by atoms with van der Waals surface area (Å²) >= 11 is 1.30. The summed E-state index contributed by atoms with van der Waals surface area (Å²) in [7, 11) is 1.64. The number of methoxy groups -OCH3 is 1. The van der Waals surface area contributed by atoms with E-state index >= 15 is 0 Å². The molecule has 0 aliphatic carbocycles. The van der Waals surface area contributed by atoms with Crippen molar-refractivity contribution in [1.29, 1.82) is 0 Å². The highest BCUT2D eigenvalue weighted by molar-refractivity contribution is 7.99. The number of carbonyl (C=O) groups excluding carboxylic acids is 1. The van der Waals surface area contributed by atoms with E-state index in [4.69, 9.17) is 4.74 Å². The summed E-state index contributed by atoms with van der Waals surface area (Å²) in [6.07, 6.45) is 0.800. The van der Waals surface area contributed by atoms with Crippen LogP contribution < -0.4 is 5.32 Å². The van der Waals surface area contributed by atoms with Crippen LogP contribution in [0.5, 0.6) is 0 Å². The van der Waals surface area contributed by atoms with Crippen molar-refractivity contribution in [3.8, 4) is 5.69 Å². The van der Waals surface area contributed by atoms with Gasteiger partial charge in [0.15, 0.2) is 0 Å². The van der Waals surface area contributed by atoms with Gasteiger partial charge in [-0.05, 0) is 29.0 Å². The molecule has 0 aliphatic rings. The van der Waals surface area contributed by atoms with Crippen molar-refractivity contribution in [2.75, 3.05) is 26.0 Å². The van der Waals surface area contributed by atoms with Gasteiger partial charge in [-0.3, -0.25) is 4.79 Å². The standard InChI is InChI=1S/C13H17N5O2S/c1-20-9-5-8-14-12(19)10-21-13-15-16-17-18(13)11-6-3-2-4-7-11/h2-4,6-7H,5,8-10H2,1H3,(H,14,19). The molecule has 0 fully saturated rings. The minimum atomic E-state index is -0.0429. The van der Waals surface area contributed by atoms with Crippen molar-refractivity contribution in [2.45, 2.75) is 11.6 Å². The third-order valence-corrected chi connectivity index (χ3v) is 3.54. The van der Waals surface area contributed by atoms with Crippen molar-refractivity contribution in [3.05, 3.63) is 30.3 Å². The first-order valence-electron chi connectivity index (χ1n) is 6.53. The topological polar surface area (TPSA) is 81.9 Å². The van der Waals surface area contributed by atoms with Crippen LogP contribution in [0.2, 0.25) is 0 Å². The predicted molar refractivity (Wildman–Crippen MR) is 79.4 cm³/mol. The van der Waals surface area contributed by atoms with E-state index in [1.54, 1.807) is 11.8 Å². The number of para-hydroxylation sites is 1. The molecule has 0 spiro atoms. The molecule has 112 valence electrons. The molecule has 7 nitrogen and oxygen atoms in total. The third-order valence-electron chi connectivity index (χ3n) is 2.62. The molecular formula is C13H17N5O2S. The van der Waals surface area contributed by atoms with Crippen LogP contribution in [0.1, 0.15) is 6.42 Å².